The Bertz CT molecular complexity index is 339. The minimum absolute atomic E-state index is 0.111. The third kappa shape index (κ3) is 2.21. The highest BCUT2D eigenvalue weighted by Gasteiger charge is 2.33. The lowest BCUT2D eigenvalue weighted by atomic mass is 9.99. The molecule has 0 amide bonds. The first-order valence-corrected chi connectivity index (χ1v) is 5.49. The summed E-state index contributed by atoms with van der Waals surface area (Å²) in [5.74, 6) is 0.565. The number of halogens is 1. The van der Waals surface area contributed by atoms with Crippen molar-refractivity contribution in [3.63, 3.8) is 0 Å². The van der Waals surface area contributed by atoms with Crippen molar-refractivity contribution in [2.24, 2.45) is 0 Å². The number of aliphatic hydroxyl groups excluding tert-OH is 1. The maximum Gasteiger partial charge on any atom is 0.171 e. The smallest absolute Gasteiger partial charge is 0.171 e. The molecule has 0 bridgehead atoms. The average Bonchev–Trinajstić information content (AvgIpc) is 2.71. The molecule has 82 valence electrons. The highest BCUT2D eigenvalue weighted by molar-refractivity contribution is 6.31. The van der Waals surface area contributed by atoms with Crippen LogP contribution in [0.2, 0.25) is 5.15 Å². The van der Waals surface area contributed by atoms with Gasteiger partial charge in [0.15, 0.2) is 11.0 Å². The minimum atomic E-state index is -0.250. The van der Waals surface area contributed by atoms with Crippen molar-refractivity contribution in [2.75, 3.05) is 11.9 Å². The number of nitrogens with one attached hydrogen (secondary N) is 1. The highest BCUT2D eigenvalue weighted by atomic mass is 35.5. The molecule has 0 spiro atoms. The summed E-state index contributed by atoms with van der Waals surface area (Å²) in [4.78, 5) is 8.06. The quantitative estimate of drug-likeness (QED) is 0.828. The van der Waals surface area contributed by atoms with E-state index in [1.165, 1.54) is 0 Å². The minimum Gasteiger partial charge on any atom is -0.394 e. The molecule has 0 radical (unpaired) electrons. The largest absolute Gasteiger partial charge is 0.394 e. The number of hydrogen-bond acceptors (Lipinski definition) is 4. The van der Waals surface area contributed by atoms with E-state index in [0.717, 1.165) is 25.7 Å². The van der Waals surface area contributed by atoms with Crippen LogP contribution in [-0.4, -0.2) is 27.2 Å². The van der Waals surface area contributed by atoms with Crippen molar-refractivity contribution >= 4 is 17.4 Å². The van der Waals surface area contributed by atoms with Gasteiger partial charge in [-0.25, -0.2) is 9.97 Å². The Hall–Kier alpha value is -0.870. The SMILES string of the molecule is OCC1(Nc2nccnc2Cl)CCCC1. The van der Waals surface area contributed by atoms with Crippen molar-refractivity contribution in [1.29, 1.82) is 0 Å². The first-order chi connectivity index (χ1) is 7.26. The van der Waals surface area contributed by atoms with Crippen LogP contribution in [0.3, 0.4) is 0 Å². The van der Waals surface area contributed by atoms with Gasteiger partial charge in [-0.2, -0.15) is 0 Å². The standard InChI is InChI=1S/C10H14ClN3O/c11-8-9(13-6-5-12-8)14-10(7-15)3-1-2-4-10/h5-6,15H,1-4,7H2,(H,13,14). The number of hydrogen-bond donors (Lipinski definition) is 2. The predicted octanol–water partition coefficient (Wildman–Crippen LogP) is 1.85. The van der Waals surface area contributed by atoms with Crippen LogP contribution in [0.1, 0.15) is 25.7 Å². The fourth-order valence-electron chi connectivity index (χ4n) is 2.03. The van der Waals surface area contributed by atoms with Gasteiger partial charge in [0.2, 0.25) is 0 Å². The van der Waals surface area contributed by atoms with Crippen LogP contribution in [-0.2, 0) is 0 Å². The molecule has 1 aliphatic carbocycles. The maximum absolute atomic E-state index is 9.41. The molecule has 5 heteroatoms. The first kappa shape index (κ1) is 10.6. The molecule has 2 N–H and O–H groups in total. The van der Waals surface area contributed by atoms with Crippen LogP contribution in [0, 0.1) is 0 Å². The van der Waals surface area contributed by atoms with E-state index < -0.39 is 0 Å². The van der Waals surface area contributed by atoms with Crippen molar-refractivity contribution < 1.29 is 5.11 Å². The van der Waals surface area contributed by atoms with E-state index in [0.29, 0.717) is 11.0 Å². The van der Waals surface area contributed by atoms with Gasteiger partial charge in [0.1, 0.15) is 0 Å². The van der Waals surface area contributed by atoms with Crippen molar-refractivity contribution in [2.45, 2.75) is 31.2 Å². The zero-order chi connectivity index (χ0) is 10.7. The van der Waals surface area contributed by atoms with Gasteiger partial charge >= 0.3 is 0 Å². The van der Waals surface area contributed by atoms with E-state index in [1.807, 2.05) is 0 Å². The lowest BCUT2D eigenvalue weighted by Crippen LogP contribution is -2.39. The molecule has 2 rings (SSSR count). The molecule has 1 aliphatic rings. The second kappa shape index (κ2) is 4.33. The Morgan fingerprint density at radius 3 is 2.60 bits per heavy atom. The molecule has 0 aliphatic heterocycles. The molecule has 0 aromatic carbocycles. The van der Waals surface area contributed by atoms with E-state index in [4.69, 9.17) is 11.6 Å². The zero-order valence-corrected chi connectivity index (χ0v) is 9.17. The summed E-state index contributed by atoms with van der Waals surface area (Å²) in [6.45, 7) is 0.111. The molecular weight excluding hydrogens is 214 g/mol. The van der Waals surface area contributed by atoms with Crippen LogP contribution in [0.15, 0.2) is 12.4 Å². The molecule has 1 fully saturated rings. The van der Waals surface area contributed by atoms with Gasteiger partial charge < -0.3 is 10.4 Å². The Balaban J connectivity index is 2.16. The molecule has 4 nitrogen and oxygen atoms in total. The second-order valence-electron chi connectivity index (χ2n) is 3.97. The lowest BCUT2D eigenvalue weighted by Gasteiger charge is -2.28. The number of rotatable bonds is 3. The van der Waals surface area contributed by atoms with Gasteiger partial charge in [0.25, 0.3) is 0 Å². The zero-order valence-electron chi connectivity index (χ0n) is 8.41. The third-order valence-electron chi connectivity index (χ3n) is 2.90. The number of nitrogens with zero attached hydrogens (tertiary/aromatic N) is 2. The van der Waals surface area contributed by atoms with Gasteiger partial charge in [0, 0.05) is 12.4 Å². The summed E-state index contributed by atoms with van der Waals surface area (Å²) in [5, 5.41) is 13.0. The molecule has 1 aromatic rings. The number of anilines is 1. The van der Waals surface area contributed by atoms with Crippen molar-refractivity contribution in [1.82, 2.24) is 9.97 Å². The Morgan fingerprint density at radius 2 is 2.00 bits per heavy atom. The van der Waals surface area contributed by atoms with Crippen LogP contribution < -0.4 is 5.32 Å². The van der Waals surface area contributed by atoms with Gasteiger partial charge in [-0.3, -0.25) is 0 Å². The summed E-state index contributed by atoms with van der Waals surface area (Å²) in [6, 6.07) is 0. The molecule has 1 heterocycles. The Morgan fingerprint density at radius 1 is 1.33 bits per heavy atom. The van der Waals surface area contributed by atoms with Crippen LogP contribution in [0.25, 0.3) is 0 Å². The van der Waals surface area contributed by atoms with Gasteiger partial charge in [-0.05, 0) is 12.8 Å². The highest BCUT2D eigenvalue weighted by Crippen LogP contribution is 2.33. The van der Waals surface area contributed by atoms with E-state index in [1.54, 1.807) is 12.4 Å². The number of aromatic nitrogens is 2. The molecule has 1 saturated carbocycles. The number of aliphatic hydroxyl groups is 1. The monoisotopic (exact) mass is 227 g/mol. The maximum atomic E-state index is 9.41. The molecule has 1 aromatic heterocycles. The van der Waals surface area contributed by atoms with Crippen LogP contribution in [0.4, 0.5) is 5.82 Å². The molecule has 0 atom stereocenters. The molecular formula is C10H14ClN3O. The second-order valence-corrected chi connectivity index (χ2v) is 4.32. The van der Waals surface area contributed by atoms with Gasteiger partial charge in [0.05, 0.1) is 12.1 Å². The fraction of sp³-hybridized carbons (Fsp3) is 0.600. The summed E-state index contributed by atoms with van der Waals surface area (Å²) in [7, 11) is 0. The molecule has 0 saturated heterocycles. The van der Waals surface area contributed by atoms with Gasteiger partial charge in [-0.15, -0.1) is 0 Å². The summed E-state index contributed by atoms with van der Waals surface area (Å²) in [6.07, 6.45) is 7.31. The average molecular weight is 228 g/mol. The van der Waals surface area contributed by atoms with Crippen molar-refractivity contribution in [3.05, 3.63) is 17.5 Å². The van der Waals surface area contributed by atoms with E-state index >= 15 is 0 Å². The third-order valence-corrected chi connectivity index (χ3v) is 3.18. The van der Waals surface area contributed by atoms with E-state index in [9.17, 15) is 5.11 Å². The van der Waals surface area contributed by atoms with Crippen LogP contribution in [0.5, 0.6) is 0 Å². The van der Waals surface area contributed by atoms with E-state index in [-0.39, 0.29) is 12.1 Å². The first-order valence-electron chi connectivity index (χ1n) is 5.11. The van der Waals surface area contributed by atoms with Crippen LogP contribution >= 0.6 is 11.6 Å². The predicted molar refractivity (Wildman–Crippen MR) is 58.9 cm³/mol. The molecule has 0 unspecified atom stereocenters. The lowest BCUT2D eigenvalue weighted by molar-refractivity contribution is 0.214. The summed E-state index contributed by atoms with van der Waals surface area (Å²) in [5.41, 5.74) is -0.250. The topological polar surface area (TPSA) is 58.0 Å². The Kier molecular flexibility index (Phi) is 3.07. The van der Waals surface area contributed by atoms with E-state index in [2.05, 4.69) is 15.3 Å². The van der Waals surface area contributed by atoms with Crippen molar-refractivity contribution in [3.8, 4) is 0 Å². The van der Waals surface area contributed by atoms with Gasteiger partial charge in [-0.1, -0.05) is 24.4 Å². The summed E-state index contributed by atoms with van der Waals surface area (Å²) >= 11 is 5.90. The Labute approximate surface area is 93.7 Å². The summed E-state index contributed by atoms with van der Waals surface area (Å²) < 4.78 is 0. The fourth-order valence-corrected chi connectivity index (χ4v) is 2.18. The normalized spacial score (nSPS) is 19.1. The molecule has 15 heavy (non-hydrogen) atoms.